The predicted octanol–water partition coefficient (Wildman–Crippen LogP) is 5.92. The average molecular weight is 530 g/mol. The van der Waals surface area contributed by atoms with Crippen LogP contribution in [0.5, 0.6) is 0 Å². The molecule has 198 valence electrons. The first-order valence-electron chi connectivity index (χ1n) is 12.0. The number of alkyl halides is 5. The quantitative estimate of drug-likeness (QED) is 0.389. The second-order valence-corrected chi connectivity index (χ2v) is 9.45. The number of amides is 1. The number of nitrogens with zero attached hydrogens (tertiary/aromatic N) is 3. The number of fused-ring (bicyclic) bond motifs is 1. The van der Waals surface area contributed by atoms with Gasteiger partial charge in [-0.15, -0.1) is 0 Å². The van der Waals surface area contributed by atoms with Gasteiger partial charge in [0.2, 0.25) is 0 Å². The minimum absolute atomic E-state index is 0.0368. The highest BCUT2D eigenvalue weighted by molar-refractivity contribution is 6.06. The molecule has 1 aliphatic heterocycles. The summed E-state index contributed by atoms with van der Waals surface area (Å²) in [5, 5.41) is 9.97. The molecule has 0 radical (unpaired) electrons. The number of rotatable bonds is 6. The van der Waals surface area contributed by atoms with E-state index >= 15 is 0 Å². The van der Waals surface area contributed by atoms with Gasteiger partial charge in [-0.3, -0.25) is 19.8 Å². The molecule has 3 aromatic rings. The highest BCUT2D eigenvalue weighted by Crippen LogP contribution is 2.31. The summed E-state index contributed by atoms with van der Waals surface area (Å²) in [6, 6.07) is 7.17. The Balaban J connectivity index is 1.38. The number of aromatic nitrogens is 3. The zero-order valence-corrected chi connectivity index (χ0v) is 20.2. The van der Waals surface area contributed by atoms with E-state index in [1.165, 1.54) is 18.2 Å². The predicted molar refractivity (Wildman–Crippen MR) is 132 cm³/mol. The van der Waals surface area contributed by atoms with Crippen LogP contribution in [0.3, 0.4) is 0 Å². The number of benzene rings is 1. The smallest absolute Gasteiger partial charge is 0.321 e. The molecular formula is C27H24F5N5O. The first-order chi connectivity index (χ1) is 18.1. The summed E-state index contributed by atoms with van der Waals surface area (Å²) in [6.07, 6.45) is 3.99. The van der Waals surface area contributed by atoms with Crippen LogP contribution in [0.2, 0.25) is 0 Å². The molecule has 2 aliphatic rings. The number of halogens is 5. The minimum Gasteiger partial charge on any atom is -0.321 e. The Hall–Kier alpha value is -3.86. The van der Waals surface area contributed by atoms with Crippen molar-refractivity contribution in [2.45, 2.75) is 37.9 Å². The van der Waals surface area contributed by atoms with E-state index in [4.69, 9.17) is 0 Å². The highest BCUT2D eigenvalue weighted by atomic mass is 19.4. The molecule has 5 rings (SSSR count). The number of hydrogen-bond acceptors (Lipinski definition) is 4. The Bertz CT molecular complexity index is 1450. The molecule has 1 aliphatic carbocycles. The van der Waals surface area contributed by atoms with E-state index in [1.54, 1.807) is 35.5 Å². The number of carbonyl (C=O) groups excluding carboxylic acids is 1. The van der Waals surface area contributed by atoms with Crippen molar-refractivity contribution in [3.05, 3.63) is 83.5 Å². The number of aromatic amines is 1. The summed E-state index contributed by atoms with van der Waals surface area (Å²) in [4.78, 5) is 19.1. The van der Waals surface area contributed by atoms with E-state index < -0.39 is 24.4 Å². The molecule has 11 heteroatoms. The van der Waals surface area contributed by atoms with Gasteiger partial charge in [0.25, 0.3) is 11.8 Å². The zero-order valence-electron chi connectivity index (χ0n) is 20.2. The van der Waals surface area contributed by atoms with E-state index in [-0.39, 0.29) is 29.9 Å². The monoisotopic (exact) mass is 529 g/mol. The number of likely N-dealkylation sites (tertiary alicyclic amines) is 1. The van der Waals surface area contributed by atoms with Gasteiger partial charge >= 0.3 is 6.18 Å². The van der Waals surface area contributed by atoms with Crippen molar-refractivity contribution in [1.29, 1.82) is 0 Å². The lowest BCUT2D eigenvalue weighted by Gasteiger charge is -2.16. The first-order valence-corrected chi connectivity index (χ1v) is 12.0. The van der Waals surface area contributed by atoms with E-state index in [1.807, 2.05) is 12.1 Å². The molecule has 1 saturated heterocycles. The number of hydrogen-bond donors (Lipinski definition) is 2. The fourth-order valence-corrected chi connectivity index (χ4v) is 4.65. The van der Waals surface area contributed by atoms with E-state index in [0.717, 1.165) is 16.7 Å². The zero-order chi connectivity index (χ0) is 26.9. The van der Waals surface area contributed by atoms with Crippen molar-refractivity contribution < 1.29 is 26.7 Å². The van der Waals surface area contributed by atoms with Gasteiger partial charge in [0.05, 0.1) is 18.5 Å². The van der Waals surface area contributed by atoms with Gasteiger partial charge in [0.1, 0.15) is 0 Å². The molecule has 0 spiro atoms. The second kappa shape index (κ2) is 10.1. The summed E-state index contributed by atoms with van der Waals surface area (Å²) >= 11 is 0. The summed E-state index contributed by atoms with van der Waals surface area (Å²) in [6.45, 7) is 0.363. The molecule has 1 fully saturated rings. The summed E-state index contributed by atoms with van der Waals surface area (Å²) in [7, 11) is 0. The van der Waals surface area contributed by atoms with Gasteiger partial charge < -0.3 is 5.32 Å². The maximum atomic E-state index is 13.6. The molecule has 3 heterocycles. The van der Waals surface area contributed by atoms with E-state index in [0.29, 0.717) is 30.4 Å². The standard InChI is InChI=1S/C27H24F5N5O/c28-26(29)8-9-37(16-26)15-17-10-20(14-33-13-17)18-6-7-23-21(11-18)24(36-35-23)25(38)34-22-5-3-1-2-4-19(22)12-27(30,31)32/h1-2,4-7,10-11,13-14H,3,8-9,12,15-16H2,(H,34,38)(H,35,36). The van der Waals surface area contributed by atoms with Crippen LogP contribution in [-0.4, -0.2) is 51.2 Å². The van der Waals surface area contributed by atoms with Gasteiger partial charge in [-0.1, -0.05) is 30.4 Å². The van der Waals surface area contributed by atoms with E-state index in [2.05, 4.69) is 20.5 Å². The molecule has 2 N–H and O–H groups in total. The van der Waals surface area contributed by atoms with Crippen molar-refractivity contribution >= 4 is 16.8 Å². The first kappa shape index (κ1) is 25.8. The maximum absolute atomic E-state index is 13.6. The molecule has 0 saturated carbocycles. The largest absolute Gasteiger partial charge is 0.393 e. The van der Waals surface area contributed by atoms with Crippen molar-refractivity contribution in [1.82, 2.24) is 25.4 Å². The summed E-state index contributed by atoms with van der Waals surface area (Å²) in [5.41, 5.74) is 2.90. The van der Waals surface area contributed by atoms with Crippen molar-refractivity contribution in [2.24, 2.45) is 0 Å². The van der Waals surface area contributed by atoms with Crippen LogP contribution < -0.4 is 5.32 Å². The third kappa shape index (κ3) is 5.99. The summed E-state index contributed by atoms with van der Waals surface area (Å²) in [5.74, 6) is -3.32. The Kier molecular flexibility index (Phi) is 6.87. The average Bonchev–Trinajstić information content (AvgIpc) is 3.36. The van der Waals surface area contributed by atoms with Crippen LogP contribution in [-0.2, 0) is 6.54 Å². The number of allylic oxidation sites excluding steroid dienone is 5. The maximum Gasteiger partial charge on any atom is 0.393 e. The number of nitrogens with one attached hydrogen (secondary N) is 2. The number of H-pyrrole nitrogens is 1. The van der Waals surface area contributed by atoms with Gasteiger partial charge in [-0.25, -0.2) is 8.78 Å². The molecule has 1 aromatic carbocycles. The SMILES string of the molecule is O=C(NC1=CCC=CC=C1CC(F)(F)F)c1n[nH]c2ccc(-c3cncc(CN4CCC(F)(F)C4)c3)cc12. The van der Waals surface area contributed by atoms with Crippen LogP contribution in [0.4, 0.5) is 22.0 Å². The molecule has 0 bridgehead atoms. The van der Waals surface area contributed by atoms with Gasteiger partial charge in [0, 0.05) is 48.6 Å². The fourth-order valence-electron chi connectivity index (χ4n) is 4.65. The minimum atomic E-state index is -4.43. The lowest BCUT2D eigenvalue weighted by molar-refractivity contribution is -0.126. The van der Waals surface area contributed by atoms with Crippen molar-refractivity contribution in [3.63, 3.8) is 0 Å². The second-order valence-electron chi connectivity index (χ2n) is 9.45. The van der Waals surface area contributed by atoms with Crippen molar-refractivity contribution in [3.8, 4) is 11.1 Å². The molecule has 38 heavy (non-hydrogen) atoms. The molecular weight excluding hydrogens is 505 g/mol. The number of pyridine rings is 1. The lowest BCUT2D eigenvalue weighted by Crippen LogP contribution is -2.26. The highest BCUT2D eigenvalue weighted by Gasteiger charge is 2.38. The van der Waals surface area contributed by atoms with Gasteiger partial charge in [-0.2, -0.15) is 18.3 Å². The Morgan fingerprint density at radius 2 is 2.00 bits per heavy atom. The fraction of sp³-hybridized carbons (Fsp3) is 0.296. The molecule has 0 unspecified atom stereocenters. The van der Waals surface area contributed by atoms with Gasteiger partial charge in [0.15, 0.2) is 5.69 Å². The van der Waals surface area contributed by atoms with E-state index in [9.17, 15) is 26.7 Å². The van der Waals surface area contributed by atoms with Crippen LogP contribution in [0.25, 0.3) is 22.0 Å². The summed E-state index contributed by atoms with van der Waals surface area (Å²) < 4.78 is 66.4. The third-order valence-electron chi connectivity index (χ3n) is 6.44. The molecule has 1 amide bonds. The topological polar surface area (TPSA) is 73.9 Å². The van der Waals surface area contributed by atoms with Crippen LogP contribution in [0.15, 0.2) is 72.2 Å². The van der Waals surface area contributed by atoms with Crippen LogP contribution in [0.1, 0.15) is 35.3 Å². The van der Waals surface area contributed by atoms with Crippen molar-refractivity contribution in [2.75, 3.05) is 13.1 Å². The Labute approximate surface area is 214 Å². The third-order valence-corrected chi connectivity index (χ3v) is 6.44. The Morgan fingerprint density at radius 1 is 1.16 bits per heavy atom. The van der Waals surface area contributed by atoms with Crippen LogP contribution in [0, 0.1) is 0 Å². The number of carbonyl (C=O) groups is 1. The molecule has 2 aromatic heterocycles. The van der Waals surface area contributed by atoms with Gasteiger partial charge in [-0.05, 0) is 41.3 Å². The Morgan fingerprint density at radius 3 is 2.76 bits per heavy atom. The van der Waals surface area contributed by atoms with Crippen LogP contribution >= 0.6 is 0 Å². The molecule has 0 atom stereocenters. The lowest BCUT2D eigenvalue weighted by atomic mass is 10.0. The normalized spacial score (nSPS) is 17.8. The molecule has 6 nitrogen and oxygen atoms in total.